The quantitative estimate of drug-likeness (QED) is 0.360. The van der Waals surface area contributed by atoms with E-state index < -0.39 is 17.7 Å². The summed E-state index contributed by atoms with van der Waals surface area (Å²) in [4.78, 5) is 35.6. The number of methoxy groups -OCH3 is 1. The predicted octanol–water partition coefficient (Wildman–Crippen LogP) is 2.80. The zero-order valence-electron chi connectivity index (χ0n) is 17.0. The number of likely N-dealkylation sites (tertiary alicyclic amines) is 1. The molecule has 0 spiro atoms. The number of pyridine rings is 1. The highest BCUT2D eigenvalue weighted by atomic mass is 16.5. The Hall–Kier alpha value is -3.94. The monoisotopic (exact) mass is 418 g/mol. The van der Waals surface area contributed by atoms with Crippen LogP contribution in [0.3, 0.4) is 0 Å². The van der Waals surface area contributed by atoms with E-state index in [0.29, 0.717) is 36.4 Å². The first-order chi connectivity index (χ1) is 15.1. The number of amides is 1. The molecule has 0 radical (unpaired) electrons. The van der Waals surface area contributed by atoms with E-state index in [2.05, 4.69) is 9.97 Å². The minimum atomic E-state index is -0.720. The van der Waals surface area contributed by atoms with Crippen LogP contribution in [0.25, 0.3) is 5.76 Å². The van der Waals surface area contributed by atoms with Gasteiger partial charge in [0.25, 0.3) is 11.7 Å². The Morgan fingerprint density at radius 3 is 2.71 bits per heavy atom. The molecule has 158 valence electrons. The van der Waals surface area contributed by atoms with Crippen molar-refractivity contribution >= 4 is 17.4 Å². The van der Waals surface area contributed by atoms with Gasteiger partial charge in [-0.05, 0) is 30.2 Å². The lowest BCUT2D eigenvalue weighted by Crippen LogP contribution is -2.31. The largest absolute Gasteiger partial charge is 0.507 e. The van der Waals surface area contributed by atoms with E-state index in [4.69, 9.17) is 4.74 Å². The SMILES string of the molecule is COc1cccc(/C(O)=C2/C(=O)C(=O)N(CCCn3ccnc3)C2c2cccnc2)c1. The third-order valence-corrected chi connectivity index (χ3v) is 5.26. The van der Waals surface area contributed by atoms with Gasteiger partial charge in [0, 0.05) is 43.4 Å². The smallest absolute Gasteiger partial charge is 0.295 e. The molecule has 1 unspecified atom stereocenters. The number of aromatic nitrogens is 3. The number of aliphatic hydroxyl groups excluding tert-OH is 1. The number of nitrogens with zero attached hydrogens (tertiary/aromatic N) is 4. The molecular formula is C23H22N4O4. The van der Waals surface area contributed by atoms with Crippen molar-refractivity contribution in [2.24, 2.45) is 0 Å². The molecule has 1 aromatic carbocycles. The van der Waals surface area contributed by atoms with Crippen molar-refractivity contribution in [3.05, 3.63) is 84.2 Å². The third kappa shape index (κ3) is 4.05. The number of ketones is 1. The fourth-order valence-electron chi connectivity index (χ4n) is 3.76. The highest BCUT2D eigenvalue weighted by Crippen LogP contribution is 2.39. The van der Waals surface area contributed by atoms with E-state index in [1.165, 1.54) is 12.0 Å². The van der Waals surface area contributed by atoms with Gasteiger partial charge < -0.3 is 19.3 Å². The van der Waals surface area contributed by atoms with Crippen molar-refractivity contribution < 1.29 is 19.4 Å². The Bertz CT molecular complexity index is 1110. The molecule has 0 saturated carbocycles. The Morgan fingerprint density at radius 1 is 1.13 bits per heavy atom. The third-order valence-electron chi connectivity index (χ3n) is 5.26. The van der Waals surface area contributed by atoms with Crippen LogP contribution in [0.15, 0.2) is 73.1 Å². The van der Waals surface area contributed by atoms with Crippen LogP contribution in [0, 0.1) is 0 Å². The lowest BCUT2D eigenvalue weighted by Gasteiger charge is -2.25. The van der Waals surface area contributed by atoms with Crippen molar-refractivity contribution in [2.45, 2.75) is 19.0 Å². The predicted molar refractivity (Wildman–Crippen MR) is 113 cm³/mol. The van der Waals surface area contributed by atoms with Gasteiger partial charge in [0.05, 0.1) is 25.1 Å². The summed E-state index contributed by atoms with van der Waals surface area (Å²) in [5, 5.41) is 11.0. The number of carbonyl (C=O) groups excluding carboxylic acids is 2. The highest BCUT2D eigenvalue weighted by Gasteiger charge is 2.45. The summed E-state index contributed by atoms with van der Waals surface area (Å²) in [6.07, 6.45) is 9.09. The van der Waals surface area contributed by atoms with E-state index in [1.54, 1.807) is 61.3 Å². The van der Waals surface area contributed by atoms with Crippen LogP contribution < -0.4 is 4.74 Å². The Labute approximate surface area is 179 Å². The number of hydrogen-bond acceptors (Lipinski definition) is 6. The van der Waals surface area contributed by atoms with Gasteiger partial charge in [-0.3, -0.25) is 14.6 Å². The van der Waals surface area contributed by atoms with Crippen LogP contribution in [0.2, 0.25) is 0 Å². The van der Waals surface area contributed by atoms with Crippen LogP contribution in [-0.4, -0.2) is 49.9 Å². The van der Waals surface area contributed by atoms with Crippen molar-refractivity contribution in [1.82, 2.24) is 19.4 Å². The maximum atomic E-state index is 13.0. The van der Waals surface area contributed by atoms with Gasteiger partial charge in [-0.1, -0.05) is 18.2 Å². The van der Waals surface area contributed by atoms with E-state index >= 15 is 0 Å². The molecule has 1 aliphatic heterocycles. The zero-order chi connectivity index (χ0) is 21.8. The number of Topliss-reactive ketones (excluding diaryl/α,β-unsaturated/α-hetero) is 1. The van der Waals surface area contributed by atoms with Crippen molar-refractivity contribution in [2.75, 3.05) is 13.7 Å². The molecule has 0 aliphatic carbocycles. The number of aryl methyl sites for hydroxylation is 1. The summed E-state index contributed by atoms with van der Waals surface area (Å²) in [5.41, 5.74) is 1.12. The molecule has 4 rings (SSSR count). The van der Waals surface area contributed by atoms with Gasteiger partial charge in [0.1, 0.15) is 11.5 Å². The zero-order valence-corrected chi connectivity index (χ0v) is 17.0. The highest BCUT2D eigenvalue weighted by molar-refractivity contribution is 6.46. The number of benzene rings is 1. The fraction of sp³-hybridized carbons (Fsp3) is 0.217. The minimum absolute atomic E-state index is 0.0499. The van der Waals surface area contributed by atoms with Gasteiger partial charge in [-0.25, -0.2) is 4.98 Å². The summed E-state index contributed by atoms with van der Waals surface area (Å²) in [5.74, 6) is -1.04. The molecule has 31 heavy (non-hydrogen) atoms. The van der Waals surface area contributed by atoms with Gasteiger partial charge in [-0.2, -0.15) is 0 Å². The lowest BCUT2D eigenvalue weighted by molar-refractivity contribution is -0.139. The number of carbonyl (C=O) groups is 2. The van der Waals surface area contributed by atoms with Crippen LogP contribution in [-0.2, 0) is 16.1 Å². The Balaban J connectivity index is 1.72. The summed E-state index contributed by atoms with van der Waals surface area (Å²) >= 11 is 0. The standard InChI is InChI=1S/C23H22N4O4/c1-31-18-7-2-5-16(13-18)21(28)19-20(17-6-3-8-24-14-17)27(23(30)22(19)29)11-4-10-26-12-9-25-15-26/h2-3,5-9,12-15,20,28H,4,10-11H2,1H3/b21-19-. The average Bonchev–Trinajstić information content (AvgIpc) is 3.41. The first kappa shape index (κ1) is 20.3. The number of hydrogen-bond donors (Lipinski definition) is 1. The number of ether oxygens (including phenoxy) is 1. The second-order valence-corrected chi connectivity index (χ2v) is 7.16. The molecule has 8 heteroatoms. The van der Waals surface area contributed by atoms with E-state index in [9.17, 15) is 14.7 Å². The molecule has 1 fully saturated rings. The first-order valence-electron chi connectivity index (χ1n) is 9.88. The number of rotatable bonds is 7. The van der Waals surface area contributed by atoms with Gasteiger partial charge in [-0.15, -0.1) is 0 Å². The first-order valence-corrected chi connectivity index (χ1v) is 9.88. The van der Waals surface area contributed by atoms with Crippen LogP contribution >= 0.6 is 0 Å². The Kier molecular flexibility index (Phi) is 5.79. The summed E-state index contributed by atoms with van der Waals surface area (Å²) in [7, 11) is 1.52. The maximum absolute atomic E-state index is 13.0. The molecule has 1 saturated heterocycles. The van der Waals surface area contributed by atoms with Crippen molar-refractivity contribution in [3.8, 4) is 5.75 Å². The van der Waals surface area contributed by atoms with E-state index in [1.807, 2.05) is 10.8 Å². The second-order valence-electron chi connectivity index (χ2n) is 7.16. The molecule has 3 heterocycles. The van der Waals surface area contributed by atoms with Crippen molar-refractivity contribution in [3.63, 3.8) is 0 Å². The molecule has 8 nitrogen and oxygen atoms in total. The van der Waals surface area contributed by atoms with Crippen LogP contribution in [0.5, 0.6) is 5.75 Å². The Morgan fingerprint density at radius 2 is 2.00 bits per heavy atom. The minimum Gasteiger partial charge on any atom is -0.507 e. The molecule has 1 N–H and O–H groups in total. The number of aliphatic hydroxyl groups is 1. The van der Waals surface area contributed by atoms with Gasteiger partial charge in [0.2, 0.25) is 0 Å². The molecule has 1 amide bonds. The van der Waals surface area contributed by atoms with Gasteiger partial charge in [0.15, 0.2) is 0 Å². The van der Waals surface area contributed by atoms with Crippen molar-refractivity contribution in [1.29, 1.82) is 0 Å². The molecule has 0 bridgehead atoms. The molecular weight excluding hydrogens is 396 g/mol. The molecule has 1 atom stereocenters. The molecule has 1 aliphatic rings. The van der Waals surface area contributed by atoms with Crippen LogP contribution in [0.4, 0.5) is 0 Å². The summed E-state index contributed by atoms with van der Waals surface area (Å²) < 4.78 is 7.13. The van der Waals surface area contributed by atoms with Gasteiger partial charge >= 0.3 is 0 Å². The van der Waals surface area contributed by atoms with E-state index in [0.717, 1.165) is 0 Å². The lowest BCUT2D eigenvalue weighted by atomic mass is 9.96. The summed E-state index contributed by atoms with van der Waals surface area (Å²) in [6.45, 7) is 0.996. The maximum Gasteiger partial charge on any atom is 0.295 e. The number of imidazole rings is 1. The molecule has 2 aromatic heterocycles. The van der Waals surface area contributed by atoms with Crippen LogP contribution in [0.1, 0.15) is 23.6 Å². The normalized spacial score (nSPS) is 17.8. The van der Waals surface area contributed by atoms with E-state index in [-0.39, 0.29) is 11.3 Å². The summed E-state index contributed by atoms with van der Waals surface area (Å²) in [6, 6.07) is 9.57. The topological polar surface area (TPSA) is 97.6 Å². The molecule has 3 aromatic rings. The fourth-order valence-corrected chi connectivity index (χ4v) is 3.76. The average molecular weight is 418 g/mol. The second kappa shape index (κ2) is 8.83.